The van der Waals surface area contributed by atoms with Gasteiger partial charge in [0.15, 0.2) is 18.1 Å². The topological polar surface area (TPSA) is 105 Å². The first-order valence-corrected chi connectivity index (χ1v) is 11.4. The molecule has 10 heteroatoms. The van der Waals surface area contributed by atoms with Gasteiger partial charge in [0.1, 0.15) is 35.7 Å². The molecule has 184 valence electrons. The maximum Gasteiger partial charge on any atom is 0.341 e. The van der Waals surface area contributed by atoms with Gasteiger partial charge in [-0.25, -0.2) is 4.79 Å². The van der Waals surface area contributed by atoms with Crippen LogP contribution in [0.25, 0.3) is 0 Å². The van der Waals surface area contributed by atoms with E-state index in [2.05, 4.69) is 11.7 Å². The quantitative estimate of drug-likeness (QED) is 0.440. The third kappa shape index (κ3) is 3.81. The van der Waals surface area contributed by atoms with Gasteiger partial charge in [-0.2, -0.15) is 0 Å². The molecule has 0 spiro atoms. The first-order valence-electron chi connectivity index (χ1n) is 11.0. The third-order valence-electron chi connectivity index (χ3n) is 6.33. The van der Waals surface area contributed by atoms with Crippen LogP contribution in [-0.4, -0.2) is 55.3 Å². The van der Waals surface area contributed by atoms with E-state index in [4.69, 9.17) is 41.2 Å². The molecular weight excluding hydrogens is 474 g/mol. The van der Waals surface area contributed by atoms with E-state index < -0.39 is 23.4 Å². The first kappa shape index (κ1) is 23.2. The van der Waals surface area contributed by atoms with Crippen molar-refractivity contribution in [2.45, 2.75) is 30.3 Å². The molecule has 0 fully saturated rings. The predicted octanol–water partition coefficient (Wildman–Crippen LogP) is 3.58. The average Bonchev–Trinajstić information content (AvgIpc) is 3.43. The number of fused-ring (bicyclic) bond motifs is 4. The second-order valence-corrected chi connectivity index (χ2v) is 9.39. The highest BCUT2D eigenvalue weighted by Gasteiger charge is 2.53. The van der Waals surface area contributed by atoms with E-state index >= 15 is 0 Å². The van der Waals surface area contributed by atoms with Crippen molar-refractivity contribution in [1.29, 1.82) is 0 Å². The molecule has 2 aromatic carbocycles. The molecule has 0 radical (unpaired) electrons. The highest BCUT2D eigenvalue weighted by atomic mass is 32.1. The maximum atomic E-state index is 11.4. The number of thiol groups is 1. The Balaban J connectivity index is 1.63. The predicted molar refractivity (Wildman–Crippen MR) is 130 cm³/mol. The van der Waals surface area contributed by atoms with Crippen LogP contribution in [0.3, 0.4) is 0 Å². The molecule has 0 saturated heterocycles. The van der Waals surface area contributed by atoms with Gasteiger partial charge >= 0.3 is 5.97 Å². The van der Waals surface area contributed by atoms with Gasteiger partial charge in [0, 0.05) is 29.2 Å². The second kappa shape index (κ2) is 8.60. The Hall–Kier alpha value is -3.53. The number of aliphatic carboxylic acids is 1. The van der Waals surface area contributed by atoms with Crippen LogP contribution in [0.5, 0.6) is 28.7 Å². The largest absolute Gasteiger partial charge is 0.493 e. The normalized spacial score (nSPS) is 23.5. The van der Waals surface area contributed by atoms with Gasteiger partial charge in [0.05, 0.1) is 20.1 Å². The summed E-state index contributed by atoms with van der Waals surface area (Å²) in [6.45, 7) is 5.50. The van der Waals surface area contributed by atoms with Gasteiger partial charge in [0.25, 0.3) is 0 Å². The van der Waals surface area contributed by atoms with Crippen LogP contribution in [0.2, 0.25) is 0 Å². The molecule has 3 aliphatic heterocycles. The number of oxime groups is 1. The minimum Gasteiger partial charge on any atom is -0.493 e. The summed E-state index contributed by atoms with van der Waals surface area (Å²) in [5.41, 5.74) is 3.51. The van der Waals surface area contributed by atoms with Crippen LogP contribution in [0, 0.1) is 0 Å². The molecule has 1 N–H and O–H groups in total. The molecular formula is C25H25NO8S. The molecule has 3 aliphatic rings. The lowest BCUT2D eigenvalue weighted by Crippen LogP contribution is -2.41. The monoisotopic (exact) mass is 499 g/mol. The Kier molecular flexibility index (Phi) is 5.71. The number of hydrogen-bond acceptors (Lipinski definition) is 9. The first-order chi connectivity index (χ1) is 16.8. The lowest BCUT2D eigenvalue weighted by molar-refractivity contribution is -0.139. The molecule has 2 aromatic rings. The number of methoxy groups -OCH3 is 2. The van der Waals surface area contributed by atoms with Gasteiger partial charge in [-0.3, -0.25) is 0 Å². The SMILES string of the molecule is C=C(C)[C@H]1Cc2c(ccc(C3=NOC4(S)COc5cc(OC)c(OC)cc5C34)c2OCC(=O)O)O1. The minimum atomic E-state index is -1.09. The van der Waals surface area contributed by atoms with Crippen molar-refractivity contribution in [2.24, 2.45) is 5.16 Å². The van der Waals surface area contributed by atoms with E-state index in [1.54, 1.807) is 26.4 Å². The van der Waals surface area contributed by atoms with Crippen LogP contribution >= 0.6 is 12.6 Å². The zero-order valence-corrected chi connectivity index (χ0v) is 20.4. The lowest BCUT2D eigenvalue weighted by atomic mass is 9.82. The van der Waals surface area contributed by atoms with Crippen molar-refractivity contribution in [3.63, 3.8) is 0 Å². The Morgan fingerprint density at radius 2 is 2.00 bits per heavy atom. The fourth-order valence-electron chi connectivity index (χ4n) is 4.63. The molecule has 9 nitrogen and oxygen atoms in total. The smallest absolute Gasteiger partial charge is 0.341 e. The molecule has 5 rings (SSSR count). The van der Waals surface area contributed by atoms with Gasteiger partial charge in [-0.05, 0) is 30.7 Å². The highest BCUT2D eigenvalue weighted by molar-refractivity contribution is 7.81. The van der Waals surface area contributed by atoms with E-state index in [1.807, 2.05) is 19.1 Å². The number of benzene rings is 2. The van der Waals surface area contributed by atoms with Crippen LogP contribution in [0.1, 0.15) is 29.5 Å². The Morgan fingerprint density at radius 3 is 2.69 bits per heavy atom. The van der Waals surface area contributed by atoms with E-state index in [9.17, 15) is 9.90 Å². The third-order valence-corrected chi connectivity index (χ3v) is 6.80. The Bertz CT molecular complexity index is 1260. The molecule has 2 unspecified atom stereocenters. The maximum absolute atomic E-state index is 11.4. The van der Waals surface area contributed by atoms with E-state index in [0.29, 0.717) is 46.4 Å². The summed E-state index contributed by atoms with van der Waals surface area (Å²) in [6.07, 6.45) is 0.280. The zero-order chi connectivity index (χ0) is 24.9. The van der Waals surface area contributed by atoms with E-state index in [-0.39, 0.29) is 12.7 Å². The molecule has 0 bridgehead atoms. The molecule has 3 heterocycles. The van der Waals surface area contributed by atoms with Crippen molar-refractivity contribution in [3.05, 3.63) is 53.1 Å². The molecule has 0 aromatic heterocycles. The van der Waals surface area contributed by atoms with Gasteiger partial charge < -0.3 is 33.6 Å². The van der Waals surface area contributed by atoms with Crippen LogP contribution in [-0.2, 0) is 16.1 Å². The number of ether oxygens (including phenoxy) is 5. The second-order valence-electron chi connectivity index (χ2n) is 8.64. The summed E-state index contributed by atoms with van der Waals surface area (Å²) >= 11 is 4.79. The molecule has 0 amide bonds. The molecule has 0 aliphatic carbocycles. The summed E-state index contributed by atoms with van der Waals surface area (Å²) < 4.78 is 28.7. The van der Waals surface area contributed by atoms with Crippen molar-refractivity contribution in [3.8, 4) is 28.7 Å². The average molecular weight is 500 g/mol. The summed E-state index contributed by atoms with van der Waals surface area (Å²) in [4.78, 5) is 16.1. The van der Waals surface area contributed by atoms with Crippen LogP contribution in [0.15, 0.2) is 41.6 Å². The summed E-state index contributed by atoms with van der Waals surface area (Å²) in [7, 11) is 3.11. The molecule has 3 atom stereocenters. The summed E-state index contributed by atoms with van der Waals surface area (Å²) in [5, 5.41) is 13.7. The highest BCUT2D eigenvalue weighted by Crippen LogP contribution is 2.53. The number of nitrogens with zero attached hydrogens (tertiary/aromatic N) is 1. The fraction of sp³-hybridized carbons (Fsp3) is 0.360. The van der Waals surface area contributed by atoms with Crippen molar-refractivity contribution in [1.82, 2.24) is 0 Å². The number of carboxylic acids is 1. The van der Waals surface area contributed by atoms with Gasteiger partial charge in [-0.15, -0.1) is 12.6 Å². The number of carbonyl (C=O) groups is 1. The Morgan fingerprint density at radius 1 is 1.26 bits per heavy atom. The van der Waals surface area contributed by atoms with E-state index in [1.165, 1.54) is 0 Å². The van der Waals surface area contributed by atoms with Crippen molar-refractivity contribution in [2.75, 3.05) is 27.4 Å². The van der Waals surface area contributed by atoms with Gasteiger partial charge in [0.2, 0.25) is 4.93 Å². The molecule has 0 saturated carbocycles. The number of hydrogen-bond donors (Lipinski definition) is 2. The van der Waals surface area contributed by atoms with Crippen molar-refractivity contribution < 1.29 is 38.4 Å². The van der Waals surface area contributed by atoms with Crippen molar-refractivity contribution >= 4 is 24.3 Å². The fourth-order valence-corrected chi connectivity index (χ4v) is 5.00. The number of carboxylic acid groups (broad SMARTS) is 1. The minimum absolute atomic E-state index is 0.132. The number of rotatable bonds is 7. The Labute approximate surface area is 207 Å². The van der Waals surface area contributed by atoms with E-state index in [0.717, 1.165) is 16.7 Å². The lowest BCUT2D eigenvalue weighted by Gasteiger charge is -2.35. The summed E-state index contributed by atoms with van der Waals surface area (Å²) in [6, 6.07) is 7.21. The molecule has 35 heavy (non-hydrogen) atoms. The van der Waals surface area contributed by atoms with Crippen LogP contribution in [0.4, 0.5) is 0 Å². The zero-order valence-electron chi connectivity index (χ0n) is 19.5. The van der Waals surface area contributed by atoms with Gasteiger partial charge in [-0.1, -0.05) is 11.7 Å². The standard InChI is InChI=1S/C25H25NO8S/c1-12(2)17-8-15-16(33-17)6-5-13(24(15)31-10-21(27)28)23-22-14-7-19(29-3)20(30-4)9-18(14)32-11-25(22,35)34-26-23/h5-7,9,17,22,35H,1,8,10-11H2,2-4H3,(H,27,28)/t17-,22?,25?/m1/s1. The summed E-state index contributed by atoms with van der Waals surface area (Å²) in [5.74, 6) is 1.10. The van der Waals surface area contributed by atoms with Crippen LogP contribution < -0.4 is 23.7 Å².